The molecular formula is C52H66N8O11. The Morgan fingerprint density at radius 3 is 2.37 bits per heavy atom. The molecule has 4 amide bonds. The number of nitrogens with one attached hydrogen (secondary N) is 4. The molecule has 71 heavy (non-hydrogen) atoms. The predicted octanol–water partition coefficient (Wildman–Crippen LogP) is 7.63. The quantitative estimate of drug-likeness (QED) is 0.0155. The van der Waals surface area contributed by atoms with Crippen LogP contribution in [0.15, 0.2) is 104 Å². The Balaban J connectivity index is 0.000000375. The molecule has 0 spiro atoms. The standard InChI is InChI=1S/C33H45N5O9.C18H18N2O.CH3NO/c1-7-11-31(44-9-3)47-33(46-13-8-2)25-15-22(4)18-38(25)32(42)23-16-26(43-6)27(17-24(23)34-21-40)45-14-10-12-30(41)36-28-19-37(5)29(20-39)35-28;1-3-10-21-16-8-9-17-14(11-16)12-18(20-17)13-4-6-15(19-2)7-5-13;2-1-3/h8,16-17,19-21,25,31,33H,2,4,7,9-15,18H2,1,3,5-6H3,(H,34,40)(H,36,41);3-9,11-12,19-20H,1,10H2,2H3;1H,(H2,2,3). The van der Waals surface area contributed by atoms with Gasteiger partial charge in [0.1, 0.15) is 12.4 Å². The fraction of sp³-hybridized carbons (Fsp3) is 0.346. The van der Waals surface area contributed by atoms with Crippen LogP contribution in [0.3, 0.4) is 0 Å². The molecular weight excluding hydrogens is 913 g/mol. The summed E-state index contributed by atoms with van der Waals surface area (Å²) in [5.74, 6) is 1.16. The Kier molecular flexibility index (Phi) is 23.1. The van der Waals surface area contributed by atoms with Crippen LogP contribution in [0.5, 0.6) is 17.2 Å². The van der Waals surface area contributed by atoms with Crippen molar-refractivity contribution in [3.05, 3.63) is 116 Å². The largest absolute Gasteiger partial charge is 0.493 e. The second kappa shape index (κ2) is 29.3. The zero-order valence-corrected chi connectivity index (χ0v) is 41.1. The lowest BCUT2D eigenvalue weighted by molar-refractivity contribution is -0.257. The smallest absolute Gasteiger partial charge is 0.256 e. The minimum Gasteiger partial charge on any atom is -0.493 e. The van der Waals surface area contributed by atoms with Crippen LogP contribution in [0, 0.1) is 0 Å². The van der Waals surface area contributed by atoms with Gasteiger partial charge >= 0.3 is 0 Å². The average Bonchev–Trinajstić information content (AvgIpc) is 4.09. The van der Waals surface area contributed by atoms with E-state index in [1.54, 1.807) is 30.3 Å². The van der Waals surface area contributed by atoms with Crippen LogP contribution in [0.2, 0.25) is 0 Å². The fourth-order valence-corrected chi connectivity index (χ4v) is 7.41. The zero-order chi connectivity index (χ0) is 51.7. The Morgan fingerprint density at radius 1 is 0.986 bits per heavy atom. The lowest BCUT2D eigenvalue weighted by atomic mass is 10.1. The third-order valence-electron chi connectivity index (χ3n) is 10.7. The maximum absolute atomic E-state index is 14.1. The minimum atomic E-state index is -0.826. The molecule has 0 bridgehead atoms. The van der Waals surface area contributed by atoms with Crippen LogP contribution >= 0.6 is 0 Å². The highest BCUT2D eigenvalue weighted by Crippen LogP contribution is 2.37. The second-order valence-electron chi connectivity index (χ2n) is 15.8. The SMILES string of the molecule is C=CCOC(OC(CCC)OCC)C1CC(=C)CN1C(=O)c1cc(OC)c(OCCCC(=O)Nc2cn(C)c(C=O)n2)cc1NC=O.C=CCOc1ccc2[nH]c(-c3ccc(NC)cc3)cc2c1.NC=O. The number of H-pyrrole nitrogens is 1. The molecule has 380 valence electrons. The van der Waals surface area contributed by atoms with E-state index in [0.29, 0.717) is 45.2 Å². The van der Waals surface area contributed by atoms with Gasteiger partial charge in [-0.15, -0.1) is 6.58 Å². The number of carbonyl (C=O) groups excluding carboxylic acids is 5. The monoisotopic (exact) mass is 978 g/mol. The molecule has 0 radical (unpaired) electrons. The molecule has 1 saturated heterocycles. The van der Waals surface area contributed by atoms with Gasteiger partial charge in [-0.2, -0.15) is 0 Å². The van der Waals surface area contributed by atoms with E-state index in [1.807, 2.05) is 39.1 Å². The van der Waals surface area contributed by atoms with Crippen molar-refractivity contribution in [3.63, 3.8) is 0 Å². The van der Waals surface area contributed by atoms with Crippen molar-refractivity contribution < 1.29 is 52.4 Å². The first-order chi connectivity index (χ1) is 34.4. The van der Waals surface area contributed by atoms with Crippen molar-refractivity contribution in [2.24, 2.45) is 12.8 Å². The summed E-state index contributed by atoms with van der Waals surface area (Å²) in [6.45, 7) is 17.0. The van der Waals surface area contributed by atoms with Gasteiger partial charge in [0.25, 0.3) is 5.91 Å². The first-order valence-corrected chi connectivity index (χ1v) is 23.0. The number of hydrogen-bond acceptors (Lipinski definition) is 13. The number of nitrogens with two attached hydrogens (primary N) is 1. The number of nitrogens with zero attached hydrogens (tertiary/aromatic N) is 3. The van der Waals surface area contributed by atoms with Crippen LogP contribution in [-0.2, 0) is 35.6 Å². The maximum Gasteiger partial charge on any atom is 0.256 e. The Morgan fingerprint density at radius 2 is 1.73 bits per heavy atom. The fourth-order valence-electron chi connectivity index (χ4n) is 7.41. The van der Waals surface area contributed by atoms with Gasteiger partial charge < -0.3 is 64.6 Å². The van der Waals surface area contributed by atoms with Crippen LogP contribution in [-0.4, -0.2) is 116 Å². The number of aryl methyl sites for hydroxylation is 1. The van der Waals surface area contributed by atoms with Crippen molar-refractivity contribution in [1.29, 1.82) is 0 Å². The number of aldehydes is 1. The number of likely N-dealkylation sites (tertiary alicyclic amines) is 1. The average molecular weight is 979 g/mol. The summed E-state index contributed by atoms with van der Waals surface area (Å²) in [5.41, 5.74) is 9.84. The molecule has 5 aromatic rings. The van der Waals surface area contributed by atoms with Gasteiger partial charge in [-0.25, -0.2) is 4.98 Å². The predicted molar refractivity (Wildman–Crippen MR) is 274 cm³/mol. The highest BCUT2D eigenvalue weighted by atomic mass is 16.8. The summed E-state index contributed by atoms with van der Waals surface area (Å²) >= 11 is 0. The number of carbonyl (C=O) groups is 5. The van der Waals surface area contributed by atoms with Gasteiger partial charge in [-0.05, 0) is 74.2 Å². The van der Waals surface area contributed by atoms with Crippen molar-refractivity contribution in [2.75, 3.05) is 63.1 Å². The van der Waals surface area contributed by atoms with E-state index in [9.17, 15) is 19.2 Å². The van der Waals surface area contributed by atoms with E-state index in [0.717, 1.165) is 40.0 Å². The van der Waals surface area contributed by atoms with Gasteiger partial charge in [0.2, 0.25) is 18.7 Å². The van der Waals surface area contributed by atoms with E-state index < -0.39 is 24.5 Å². The molecule has 1 fully saturated rings. The maximum atomic E-state index is 14.1. The first kappa shape index (κ1) is 55.9. The van der Waals surface area contributed by atoms with Crippen LogP contribution in [0.25, 0.3) is 22.2 Å². The molecule has 3 heterocycles. The number of anilines is 3. The summed E-state index contributed by atoms with van der Waals surface area (Å²) in [4.78, 5) is 66.7. The number of aromatic amines is 1. The molecule has 3 unspecified atom stereocenters. The van der Waals surface area contributed by atoms with Gasteiger partial charge in [0, 0.05) is 68.2 Å². The number of fused-ring (bicyclic) bond motifs is 1. The van der Waals surface area contributed by atoms with E-state index >= 15 is 0 Å². The van der Waals surface area contributed by atoms with Crippen molar-refractivity contribution >= 4 is 59.0 Å². The van der Waals surface area contributed by atoms with Gasteiger partial charge in [-0.3, -0.25) is 24.0 Å². The molecule has 19 heteroatoms. The summed E-state index contributed by atoms with van der Waals surface area (Å²) < 4.78 is 36.5. The third-order valence-corrected chi connectivity index (χ3v) is 10.7. The third kappa shape index (κ3) is 16.4. The summed E-state index contributed by atoms with van der Waals surface area (Å²) in [6.07, 6.45) is 7.23. The number of aromatic nitrogens is 3. The molecule has 6 rings (SSSR count). The van der Waals surface area contributed by atoms with Gasteiger partial charge in [0.15, 0.2) is 42.0 Å². The van der Waals surface area contributed by atoms with E-state index in [2.05, 4.69) is 81.7 Å². The number of hydrogen-bond donors (Lipinski definition) is 5. The highest BCUT2D eigenvalue weighted by molar-refractivity contribution is 6.03. The summed E-state index contributed by atoms with van der Waals surface area (Å²) in [6, 6.07) is 19.0. The number of ether oxygens (including phenoxy) is 6. The van der Waals surface area contributed by atoms with Crippen molar-refractivity contribution in [2.45, 2.75) is 64.6 Å². The summed E-state index contributed by atoms with van der Waals surface area (Å²) in [7, 11) is 5.01. The number of benzene rings is 3. The molecule has 1 aliphatic rings. The first-order valence-electron chi connectivity index (χ1n) is 23.0. The molecule has 0 aliphatic carbocycles. The number of methoxy groups -OCH3 is 1. The Bertz CT molecular complexity index is 2550. The molecule has 0 saturated carbocycles. The topological polar surface area (TPSA) is 240 Å². The van der Waals surface area contributed by atoms with Crippen molar-refractivity contribution in [3.8, 4) is 28.5 Å². The molecule has 3 atom stereocenters. The lowest BCUT2D eigenvalue weighted by Gasteiger charge is -2.33. The van der Waals surface area contributed by atoms with E-state index in [-0.39, 0.29) is 72.9 Å². The Hall–Kier alpha value is -7.74. The number of amides is 4. The van der Waals surface area contributed by atoms with Gasteiger partial charge in [0.05, 0.1) is 37.6 Å². The Labute approximate surface area is 414 Å². The van der Waals surface area contributed by atoms with Crippen molar-refractivity contribution in [1.82, 2.24) is 19.4 Å². The van der Waals surface area contributed by atoms with Crippen LogP contribution in [0.1, 0.15) is 66.9 Å². The number of primary amides is 1. The zero-order valence-electron chi connectivity index (χ0n) is 41.1. The second-order valence-corrected chi connectivity index (χ2v) is 15.8. The number of rotatable bonds is 26. The minimum absolute atomic E-state index is 0.116. The normalized spacial score (nSPS) is 13.6. The lowest BCUT2D eigenvalue weighted by Crippen LogP contribution is -2.47. The number of imidazole rings is 1. The molecule has 3 aromatic carbocycles. The molecule has 6 N–H and O–H groups in total. The molecule has 2 aromatic heterocycles. The van der Waals surface area contributed by atoms with Crippen LogP contribution < -0.4 is 35.9 Å². The van der Waals surface area contributed by atoms with E-state index in [4.69, 9.17) is 33.2 Å². The van der Waals surface area contributed by atoms with Gasteiger partial charge in [-0.1, -0.05) is 56.4 Å². The van der Waals surface area contributed by atoms with Crippen LogP contribution in [0.4, 0.5) is 17.2 Å². The summed E-state index contributed by atoms with van der Waals surface area (Å²) in [5, 5.41) is 9.51. The molecule has 1 aliphatic heterocycles. The molecule has 19 nitrogen and oxygen atoms in total. The highest BCUT2D eigenvalue weighted by Gasteiger charge is 2.40. The van der Waals surface area contributed by atoms with E-state index in [1.165, 1.54) is 29.4 Å².